The van der Waals surface area contributed by atoms with Crippen molar-refractivity contribution in [2.75, 3.05) is 19.6 Å². The molecule has 4 heteroatoms. The van der Waals surface area contributed by atoms with Gasteiger partial charge in [-0.2, -0.15) is 0 Å². The first-order valence-electron chi connectivity index (χ1n) is 10.5. The quantitative estimate of drug-likeness (QED) is 0.768. The van der Waals surface area contributed by atoms with Gasteiger partial charge in [-0.15, -0.1) is 0 Å². The number of hydrogen-bond acceptors (Lipinski definition) is 2. The molecule has 150 valence electrons. The van der Waals surface area contributed by atoms with E-state index in [0.29, 0.717) is 6.54 Å². The Morgan fingerprint density at radius 2 is 1.66 bits per heavy atom. The van der Waals surface area contributed by atoms with Gasteiger partial charge in [0.05, 0.1) is 0 Å². The summed E-state index contributed by atoms with van der Waals surface area (Å²) in [5.41, 5.74) is 2.40. The van der Waals surface area contributed by atoms with Crippen LogP contribution in [0.1, 0.15) is 30.4 Å². The van der Waals surface area contributed by atoms with E-state index in [9.17, 15) is 9.59 Å². The second kappa shape index (κ2) is 8.64. The lowest BCUT2D eigenvalue weighted by molar-refractivity contribution is -0.127. The lowest BCUT2D eigenvalue weighted by atomic mass is 9.90. The molecule has 29 heavy (non-hydrogen) atoms. The van der Waals surface area contributed by atoms with Crippen LogP contribution in [0.15, 0.2) is 66.7 Å². The van der Waals surface area contributed by atoms with Crippen LogP contribution in [0.2, 0.25) is 0 Å². The third-order valence-corrected chi connectivity index (χ3v) is 6.35. The lowest BCUT2D eigenvalue weighted by Crippen LogP contribution is -2.40. The monoisotopic (exact) mass is 388 g/mol. The van der Waals surface area contributed by atoms with Crippen molar-refractivity contribution in [3.05, 3.63) is 77.9 Å². The molecule has 0 aromatic heterocycles. The van der Waals surface area contributed by atoms with Crippen LogP contribution < -0.4 is 5.32 Å². The number of carbonyl (C=O) groups excluding carboxylic acids is 2. The Morgan fingerprint density at radius 1 is 1.00 bits per heavy atom. The summed E-state index contributed by atoms with van der Waals surface area (Å²) in [5, 5.41) is 3.11. The van der Waals surface area contributed by atoms with Crippen LogP contribution >= 0.6 is 0 Å². The SMILES string of the molecule is O=C(NCCc1ccccc1)C1CC12CCN(C(=O)/C=C/c1ccccc1)CC2. The van der Waals surface area contributed by atoms with Gasteiger partial charge in [-0.3, -0.25) is 9.59 Å². The molecule has 1 N–H and O–H groups in total. The molecule has 4 nitrogen and oxygen atoms in total. The van der Waals surface area contributed by atoms with Gasteiger partial charge in [0.2, 0.25) is 11.8 Å². The number of rotatable bonds is 6. The third kappa shape index (κ3) is 4.76. The summed E-state index contributed by atoms with van der Waals surface area (Å²) in [6, 6.07) is 20.1. The van der Waals surface area contributed by atoms with E-state index >= 15 is 0 Å². The van der Waals surface area contributed by atoms with Crippen molar-refractivity contribution in [3.8, 4) is 0 Å². The van der Waals surface area contributed by atoms with Crippen LogP contribution in [0, 0.1) is 11.3 Å². The molecule has 1 saturated heterocycles. The molecule has 1 saturated carbocycles. The molecule has 4 rings (SSSR count). The molecule has 0 radical (unpaired) electrons. The second-order valence-electron chi connectivity index (χ2n) is 8.22. The maximum atomic E-state index is 12.5. The van der Waals surface area contributed by atoms with Crippen LogP contribution in [0.5, 0.6) is 0 Å². The summed E-state index contributed by atoms with van der Waals surface area (Å²) in [6.07, 6.45) is 7.21. The minimum atomic E-state index is 0.0632. The van der Waals surface area contributed by atoms with E-state index < -0.39 is 0 Å². The van der Waals surface area contributed by atoms with E-state index in [1.54, 1.807) is 6.08 Å². The molecule has 1 aliphatic carbocycles. The molecule has 0 bridgehead atoms. The highest BCUT2D eigenvalue weighted by Crippen LogP contribution is 2.59. The van der Waals surface area contributed by atoms with Crippen molar-refractivity contribution < 1.29 is 9.59 Å². The first kappa shape index (κ1) is 19.4. The fourth-order valence-electron chi connectivity index (χ4n) is 4.38. The Kier molecular flexibility index (Phi) is 5.79. The number of amides is 2. The molecule has 2 amide bonds. The van der Waals surface area contributed by atoms with Gasteiger partial charge in [-0.1, -0.05) is 60.7 Å². The van der Waals surface area contributed by atoms with E-state index in [0.717, 1.165) is 44.3 Å². The van der Waals surface area contributed by atoms with Gasteiger partial charge in [-0.05, 0) is 48.3 Å². The van der Waals surface area contributed by atoms with E-state index in [-0.39, 0.29) is 23.1 Å². The number of hydrogen-bond donors (Lipinski definition) is 1. The molecule has 1 unspecified atom stereocenters. The molecule has 1 spiro atoms. The predicted octanol–water partition coefficient (Wildman–Crippen LogP) is 3.69. The summed E-state index contributed by atoms with van der Waals surface area (Å²) in [6.45, 7) is 2.17. The average molecular weight is 389 g/mol. The first-order valence-corrected chi connectivity index (χ1v) is 10.5. The summed E-state index contributed by atoms with van der Waals surface area (Å²) >= 11 is 0. The molecule has 2 fully saturated rings. The molecule has 1 aliphatic heterocycles. The Balaban J connectivity index is 1.21. The Hall–Kier alpha value is -2.88. The van der Waals surface area contributed by atoms with Crippen LogP contribution in [0.4, 0.5) is 0 Å². The van der Waals surface area contributed by atoms with E-state index in [1.165, 1.54) is 5.56 Å². The molecule has 2 aromatic carbocycles. The molecule has 1 heterocycles. The van der Waals surface area contributed by atoms with E-state index in [1.807, 2.05) is 59.5 Å². The van der Waals surface area contributed by atoms with Crippen LogP contribution in [0.25, 0.3) is 6.08 Å². The minimum Gasteiger partial charge on any atom is -0.356 e. The van der Waals surface area contributed by atoms with Crippen molar-refractivity contribution in [1.29, 1.82) is 0 Å². The van der Waals surface area contributed by atoms with Crippen molar-refractivity contribution in [3.63, 3.8) is 0 Å². The van der Waals surface area contributed by atoms with Crippen molar-refractivity contribution in [2.24, 2.45) is 11.3 Å². The van der Waals surface area contributed by atoms with Gasteiger partial charge < -0.3 is 10.2 Å². The number of nitrogens with zero attached hydrogens (tertiary/aromatic N) is 1. The zero-order valence-corrected chi connectivity index (χ0v) is 16.7. The standard InChI is InChI=1S/C25H28N2O2/c28-23(12-11-20-7-3-1-4-8-20)27-17-14-25(15-18-27)19-22(25)24(29)26-16-13-21-9-5-2-6-10-21/h1-12,22H,13-19H2,(H,26,29)/b12-11+. The third-order valence-electron chi connectivity index (χ3n) is 6.35. The average Bonchev–Trinajstić information content (AvgIpc) is 3.47. The zero-order chi connectivity index (χ0) is 20.1. The maximum absolute atomic E-state index is 12.5. The number of nitrogens with one attached hydrogen (secondary N) is 1. The number of benzene rings is 2. The highest BCUT2D eigenvalue weighted by molar-refractivity contribution is 5.92. The van der Waals surface area contributed by atoms with E-state index in [2.05, 4.69) is 17.4 Å². The van der Waals surface area contributed by atoms with Gasteiger partial charge in [0.1, 0.15) is 0 Å². The number of piperidine rings is 1. The summed E-state index contributed by atoms with van der Waals surface area (Å²) < 4.78 is 0. The first-order chi connectivity index (χ1) is 14.2. The van der Waals surface area contributed by atoms with Gasteiger partial charge in [0.15, 0.2) is 0 Å². The zero-order valence-electron chi connectivity index (χ0n) is 16.7. The maximum Gasteiger partial charge on any atom is 0.246 e. The smallest absolute Gasteiger partial charge is 0.246 e. The van der Waals surface area contributed by atoms with Gasteiger partial charge in [0.25, 0.3) is 0 Å². The predicted molar refractivity (Wildman–Crippen MR) is 115 cm³/mol. The number of carbonyl (C=O) groups is 2. The highest BCUT2D eigenvalue weighted by Gasteiger charge is 2.58. The molecule has 2 aliphatic rings. The fraction of sp³-hybridized carbons (Fsp3) is 0.360. The second-order valence-corrected chi connectivity index (χ2v) is 8.22. The minimum absolute atomic E-state index is 0.0632. The van der Waals surface area contributed by atoms with Crippen molar-refractivity contribution >= 4 is 17.9 Å². The van der Waals surface area contributed by atoms with Crippen LogP contribution in [0.3, 0.4) is 0 Å². The van der Waals surface area contributed by atoms with Crippen molar-refractivity contribution in [2.45, 2.75) is 25.7 Å². The topological polar surface area (TPSA) is 49.4 Å². The number of likely N-dealkylation sites (tertiary alicyclic amines) is 1. The molecule has 2 aromatic rings. The fourth-order valence-corrected chi connectivity index (χ4v) is 4.38. The van der Waals surface area contributed by atoms with Crippen LogP contribution in [-0.4, -0.2) is 36.3 Å². The Labute approximate surface area is 172 Å². The summed E-state index contributed by atoms with van der Waals surface area (Å²) in [4.78, 5) is 26.9. The summed E-state index contributed by atoms with van der Waals surface area (Å²) in [7, 11) is 0. The van der Waals surface area contributed by atoms with Crippen molar-refractivity contribution in [1.82, 2.24) is 10.2 Å². The molecular formula is C25H28N2O2. The normalized spacial score (nSPS) is 20.0. The molecule has 1 atom stereocenters. The Morgan fingerprint density at radius 3 is 2.34 bits per heavy atom. The van der Waals surface area contributed by atoms with E-state index in [4.69, 9.17) is 0 Å². The van der Waals surface area contributed by atoms with Gasteiger partial charge in [0, 0.05) is 31.6 Å². The van der Waals surface area contributed by atoms with Crippen LogP contribution in [-0.2, 0) is 16.0 Å². The summed E-state index contributed by atoms with van der Waals surface area (Å²) in [5.74, 6) is 0.369. The largest absolute Gasteiger partial charge is 0.356 e. The highest BCUT2D eigenvalue weighted by atomic mass is 16.2. The van der Waals surface area contributed by atoms with Gasteiger partial charge >= 0.3 is 0 Å². The lowest BCUT2D eigenvalue weighted by Gasteiger charge is -2.32. The Bertz CT molecular complexity index is 868. The van der Waals surface area contributed by atoms with Gasteiger partial charge in [-0.25, -0.2) is 0 Å². The molecular weight excluding hydrogens is 360 g/mol.